The van der Waals surface area contributed by atoms with Crippen molar-refractivity contribution in [3.05, 3.63) is 0 Å². The van der Waals surface area contributed by atoms with E-state index in [0.29, 0.717) is 0 Å². The topological polar surface area (TPSA) is 98.7 Å². The normalized spacial score (nSPS) is 22.4. The molecule has 1 rings (SSSR count). The number of amides is 1. The lowest BCUT2D eigenvalue weighted by molar-refractivity contribution is -0.147. The highest BCUT2D eigenvalue weighted by Crippen LogP contribution is 2.06. The molecule has 6 nitrogen and oxygen atoms in total. The van der Waals surface area contributed by atoms with Crippen LogP contribution in [0.1, 0.15) is 25.7 Å². The minimum absolute atomic E-state index is 0.0355. The molecule has 0 aromatic rings. The Morgan fingerprint density at radius 3 is 2.75 bits per heavy atom. The average Bonchev–Trinajstić information content (AvgIpc) is 2.29. The molecule has 6 heteroatoms. The van der Waals surface area contributed by atoms with Crippen LogP contribution in [0.25, 0.3) is 0 Å². The van der Waals surface area contributed by atoms with Crippen LogP contribution in [0.4, 0.5) is 0 Å². The Kier molecular flexibility index (Phi) is 5.21. The van der Waals surface area contributed by atoms with Crippen molar-refractivity contribution in [2.75, 3.05) is 13.1 Å². The van der Waals surface area contributed by atoms with Gasteiger partial charge in [0.15, 0.2) is 6.10 Å². The Bertz CT molecular complexity index is 251. The maximum atomic E-state index is 11.5. The van der Waals surface area contributed by atoms with E-state index in [9.17, 15) is 9.59 Å². The third-order valence-corrected chi connectivity index (χ3v) is 2.63. The molecule has 1 heterocycles. The van der Waals surface area contributed by atoms with Gasteiger partial charge in [0.1, 0.15) is 0 Å². The van der Waals surface area contributed by atoms with Gasteiger partial charge in [0.25, 0.3) is 0 Å². The van der Waals surface area contributed by atoms with E-state index in [1.54, 1.807) is 0 Å². The molecule has 0 saturated carbocycles. The van der Waals surface area contributed by atoms with E-state index in [1.165, 1.54) is 0 Å². The van der Waals surface area contributed by atoms with Gasteiger partial charge in [-0.3, -0.25) is 4.79 Å². The first-order valence-electron chi connectivity index (χ1n) is 5.53. The fraction of sp³-hybridized carbons (Fsp3) is 0.800. The predicted octanol–water partition coefficient (Wildman–Crippen LogP) is -0.920. The Morgan fingerprint density at radius 2 is 2.19 bits per heavy atom. The van der Waals surface area contributed by atoms with Crippen LogP contribution in [0.15, 0.2) is 0 Å². The van der Waals surface area contributed by atoms with Crippen LogP contribution in [0.2, 0.25) is 0 Å². The van der Waals surface area contributed by atoms with Crippen molar-refractivity contribution in [3.63, 3.8) is 0 Å². The minimum atomic E-state index is -1.40. The molecular weight excluding hydrogens is 212 g/mol. The van der Waals surface area contributed by atoms with Gasteiger partial charge in [0, 0.05) is 13.0 Å². The molecule has 92 valence electrons. The zero-order valence-corrected chi connectivity index (χ0v) is 9.11. The summed E-state index contributed by atoms with van der Waals surface area (Å²) >= 11 is 0. The molecule has 1 unspecified atom stereocenters. The molecule has 1 aliphatic heterocycles. The van der Waals surface area contributed by atoms with E-state index in [4.69, 9.17) is 10.2 Å². The Balaban J connectivity index is 2.16. The van der Waals surface area contributed by atoms with E-state index >= 15 is 0 Å². The summed E-state index contributed by atoms with van der Waals surface area (Å²) in [5, 5.41) is 23.1. The molecular formula is C10H18N2O4. The molecule has 2 atom stereocenters. The Morgan fingerprint density at radius 1 is 1.44 bits per heavy atom. The molecule has 1 saturated heterocycles. The number of aliphatic carboxylic acids is 1. The van der Waals surface area contributed by atoms with Gasteiger partial charge < -0.3 is 20.8 Å². The fourth-order valence-electron chi connectivity index (χ4n) is 1.65. The van der Waals surface area contributed by atoms with E-state index in [-0.39, 0.29) is 24.9 Å². The van der Waals surface area contributed by atoms with Crippen molar-refractivity contribution < 1.29 is 19.8 Å². The molecule has 0 spiro atoms. The first-order chi connectivity index (χ1) is 7.61. The monoisotopic (exact) mass is 230 g/mol. The predicted molar refractivity (Wildman–Crippen MR) is 56.9 cm³/mol. The summed E-state index contributed by atoms with van der Waals surface area (Å²) in [6, 6.07) is -0.171. The van der Waals surface area contributed by atoms with Crippen LogP contribution in [0, 0.1) is 0 Å². The van der Waals surface area contributed by atoms with Gasteiger partial charge >= 0.3 is 5.97 Å². The zero-order chi connectivity index (χ0) is 12.0. The summed E-state index contributed by atoms with van der Waals surface area (Å²) in [4.78, 5) is 21.8. The number of rotatable bonds is 5. The number of hydrogen-bond donors (Lipinski definition) is 4. The summed E-state index contributed by atoms with van der Waals surface area (Å²) in [5.41, 5.74) is 0. The van der Waals surface area contributed by atoms with Crippen molar-refractivity contribution in [2.45, 2.75) is 37.8 Å². The summed E-state index contributed by atoms with van der Waals surface area (Å²) in [5.74, 6) is -1.37. The number of carboxylic acid groups (broad SMARTS) is 1. The first-order valence-corrected chi connectivity index (χ1v) is 5.53. The number of aliphatic hydroxyl groups is 1. The summed E-state index contributed by atoms with van der Waals surface area (Å²) in [7, 11) is 0. The maximum absolute atomic E-state index is 11.5. The highest BCUT2D eigenvalue weighted by Gasteiger charge is 2.20. The van der Waals surface area contributed by atoms with Gasteiger partial charge in [0.05, 0.1) is 6.04 Å². The average molecular weight is 230 g/mol. The van der Waals surface area contributed by atoms with E-state index in [1.807, 2.05) is 0 Å². The number of piperidine rings is 1. The van der Waals surface area contributed by atoms with Crippen LogP contribution in [-0.2, 0) is 9.59 Å². The maximum Gasteiger partial charge on any atom is 0.332 e. The van der Waals surface area contributed by atoms with Gasteiger partial charge in [-0.1, -0.05) is 6.42 Å². The number of aliphatic hydroxyl groups excluding tert-OH is 1. The van der Waals surface area contributed by atoms with Crippen molar-refractivity contribution >= 4 is 11.9 Å². The fourth-order valence-corrected chi connectivity index (χ4v) is 1.65. The quantitative estimate of drug-likeness (QED) is 0.489. The Hall–Kier alpha value is -1.14. The molecule has 0 aromatic carbocycles. The number of hydrogen-bond acceptors (Lipinski definition) is 4. The highest BCUT2D eigenvalue weighted by molar-refractivity contribution is 5.81. The van der Waals surface area contributed by atoms with E-state index in [2.05, 4.69) is 10.6 Å². The standard InChI is InChI=1S/C10H18N2O4/c13-8(10(15)16)4-6-12-9(14)7-3-1-2-5-11-7/h7-8,11,13H,1-6H2,(H,12,14)(H,15,16)/t7-,8?/m1/s1. The molecule has 0 aliphatic carbocycles. The molecule has 0 bridgehead atoms. The molecule has 0 aromatic heterocycles. The van der Waals surface area contributed by atoms with Crippen LogP contribution >= 0.6 is 0 Å². The second kappa shape index (κ2) is 6.44. The van der Waals surface area contributed by atoms with Crippen LogP contribution in [-0.4, -0.2) is 47.3 Å². The number of carbonyl (C=O) groups is 2. The van der Waals surface area contributed by atoms with Crippen molar-refractivity contribution in [1.29, 1.82) is 0 Å². The van der Waals surface area contributed by atoms with Gasteiger partial charge in [-0.15, -0.1) is 0 Å². The van der Waals surface area contributed by atoms with Gasteiger partial charge in [-0.05, 0) is 19.4 Å². The zero-order valence-electron chi connectivity index (χ0n) is 9.11. The lowest BCUT2D eigenvalue weighted by Crippen LogP contribution is -2.47. The number of carboxylic acids is 1. The minimum Gasteiger partial charge on any atom is -0.479 e. The first kappa shape index (κ1) is 12.9. The molecule has 1 aliphatic rings. The molecule has 0 radical (unpaired) electrons. The second-order valence-electron chi connectivity index (χ2n) is 3.94. The van der Waals surface area contributed by atoms with Crippen molar-refractivity contribution in [2.24, 2.45) is 0 Å². The summed E-state index contributed by atoms with van der Waals surface area (Å²) in [6.07, 6.45) is 1.56. The van der Waals surface area contributed by atoms with Crippen LogP contribution in [0.3, 0.4) is 0 Å². The molecule has 16 heavy (non-hydrogen) atoms. The van der Waals surface area contributed by atoms with Gasteiger partial charge in [0.2, 0.25) is 5.91 Å². The van der Waals surface area contributed by atoms with Crippen molar-refractivity contribution in [3.8, 4) is 0 Å². The van der Waals surface area contributed by atoms with E-state index < -0.39 is 12.1 Å². The van der Waals surface area contributed by atoms with Gasteiger partial charge in [-0.25, -0.2) is 4.79 Å². The molecule has 4 N–H and O–H groups in total. The smallest absolute Gasteiger partial charge is 0.332 e. The van der Waals surface area contributed by atoms with Crippen molar-refractivity contribution in [1.82, 2.24) is 10.6 Å². The largest absolute Gasteiger partial charge is 0.479 e. The third kappa shape index (κ3) is 4.16. The summed E-state index contributed by atoms with van der Waals surface area (Å²) in [6.45, 7) is 1.03. The second-order valence-corrected chi connectivity index (χ2v) is 3.94. The highest BCUT2D eigenvalue weighted by atomic mass is 16.4. The summed E-state index contributed by atoms with van der Waals surface area (Å²) < 4.78 is 0. The van der Waals surface area contributed by atoms with Crippen LogP contribution in [0.5, 0.6) is 0 Å². The van der Waals surface area contributed by atoms with Crippen LogP contribution < -0.4 is 10.6 Å². The lowest BCUT2D eigenvalue weighted by Gasteiger charge is -2.22. The number of carbonyl (C=O) groups excluding carboxylic acids is 1. The number of nitrogens with one attached hydrogen (secondary N) is 2. The lowest BCUT2D eigenvalue weighted by atomic mass is 10.0. The Labute approximate surface area is 94.0 Å². The molecule has 1 amide bonds. The van der Waals surface area contributed by atoms with Gasteiger partial charge in [-0.2, -0.15) is 0 Å². The molecule has 1 fully saturated rings. The third-order valence-electron chi connectivity index (χ3n) is 2.63. The SMILES string of the molecule is O=C(O)C(O)CCNC(=O)[C@H]1CCCCN1. The van der Waals surface area contributed by atoms with E-state index in [0.717, 1.165) is 25.8 Å².